The van der Waals surface area contributed by atoms with Crippen LogP contribution in [0.1, 0.15) is 0 Å². The molecule has 0 radical (unpaired) electrons. The summed E-state index contributed by atoms with van der Waals surface area (Å²) in [5, 5.41) is 4.89. The Kier molecular flexibility index (Phi) is 3.18. The normalized spacial score (nSPS) is 11.9. The van der Waals surface area contributed by atoms with Gasteiger partial charge in [-0.2, -0.15) is 0 Å². The summed E-state index contributed by atoms with van der Waals surface area (Å²) in [6.45, 7) is 1.08. The SMILES string of the molecule is COCCOc1cc2[nH]c3ccccc3c2c2c1[nH]c1ccccc12. The number of fused-ring (bicyclic) bond motifs is 7. The number of nitrogens with one attached hydrogen (secondary N) is 2. The molecule has 0 aliphatic heterocycles. The molecule has 2 heterocycles. The fourth-order valence-corrected chi connectivity index (χ4v) is 3.68. The molecule has 0 saturated carbocycles. The first-order valence-electron chi connectivity index (χ1n) is 8.42. The van der Waals surface area contributed by atoms with Crippen molar-refractivity contribution in [1.82, 2.24) is 9.97 Å². The van der Waals surface area contributed by atoms with Gasteiger partial charge in [0.2, 0.25) is 0 Å². The molecule has 25 heavy (non-hydrogen) atoms. The van der Waals surface area contributed by atoms with E-state index in [0.717, 1.165) is 27.8 Å². The lowest BCUT2D eigenvalue weighted by atomic mass is 10.0. The summed E-state index contributed by atoms with van der Waals surface area (Å²) < 4.78 is 11.1. The van der Waals surface area contributed by atoms with Crippen LogP contribution in [0.25, 0.3) is 43.6 Å². The van der Waals surface area contributed by atoms with E-state index in [9.17, 15) is 0 Å². The molecular weight excluding hydrogens is 312 g/mol. The highest BCUT2D eigenvalue weighted by atomic mass is 16.5. The van der Waals surface area contributed by atoms with Crippen LogP contribution in [0, 0.1) is 0 Å². The standard InChI is InChI=1S/C21H18N2O2/c1-24-10-11-25-18-12-17-19(13-6-2-4-8-15(13)22-17)20-14-7-3-5-9-16(14)23-21(18)20/h2-9,12,22-23H,10-11H2,1H3. The summed E-state index contributed by atoms with van der Waals surface area (Å²) in [5.74, 6) is 0.849. The third-order valence-electron chi connectivity index (χ3n) is 4.76. The zero-order chi connectivity index (χ0) is 16.8. The molecule has 0 atom stereocenters. The fourth-order valence-electron chi connectivity index (χ4n) is 3.68. The van der Waals surface area contributed by atoms with E-state index in [1.807, 2.05) is 0 Å². The molecule has 0 spiro atoms. The van der Waals surface area contributed by atoms with E-state index in [0.29, 0.717) is 13.2 Å². The first-order valence-corrected chi connectivity index (χ1v) is 8.42. The van der Waals surface area contributed by atoms with Crippen molar-refractivity contribution in [1.29, 1.82) is 0 Å². The van der Waals surface area contributed by atoms with E-state index in [-0.39, 0.29) is 0 Å². The summed E-state index contributed by atoms with van der Waals surface area (Å²) >= 11 is 0. The van der Waals surface area contributed by atoms with Crippen LogP contribution in [-0.2, 0) is 4.74 Å². The summed E-state index contributed by atoms with van der Waals surface area (Å²) in [6, 6.07) is 18.9. The topological polar surface area (TPSA) is 50.0 Å². The van der Waals surface area contributed by atoms with Gasteiger partial charge in [0, 0.05) is 45.8 Å². The molecule has 0 unspecified atom stereocenters. The zero-order valence-electron chi connectivity index (χ0n) is 13.9. The second kappa shape index (κ2) is 5.53. The number of benzene rings is 3. The van der Waals surface area contributed by atoms with Gasteiger partial charge in [-0.3, -0.25) is 0 Å². The Balaban J connectivity index is 1.92. The molecule has 4 nitrogen and oxygen atoms in total. The summed E-state index contributed by atoms with van der Waals surface area (Å²) in [4.78, 5) is 7.07. The van der Waals surface area contributed by atoms with Gasteiger partial charge < -0.3 is 19.4 Å². The van der Waals surface area contributed by atoms with Crippen LogP contribution in [0.4, 0.5) is 0 Å². The second-order valence-corrected chi connectivity index (χ2v) is 6.23. The predicted octanol–water partition coefficient (Wildman–Crippen LogP) is 4.98. The minimum absolute atomic E-state index is 0.521. The number of rotatable bonds is 4. The molecule has 5 rings (SSSR count). The predicted molar refractivity (Wildman–Crippen MR) is 103 cm³/mol. The average molecular weight is 330 g/mol. The Morgan fingerprint density at radius 2 is 1.44 bits per heavy atom. The Morgan fingerprint density at radius 1 is 0.760 bits per heavy atom. The summed E-state index contributed by atoms with van der Waals surface area (Å²) in [6.07, 6.45) is 0. The third kappa shape index (κ3) is 2.11. The number of aromatic amines is 2. The maximum absolute atomic E-state index is 6.02. The van der Waals surface area contributed by atoms with Crippen molar-refractivity contribution in [3.63, 3.8) is 0 Å². The average Bonchev–Trinajstić information content (AvgIpc) is 3.19. The van der Waals surface area contributed by atoms with Crippen LogP contribution in [0.3, 0.4) is 0 Å². The van der Waals surface area contributed by atoms with Gasteiger partial charge in [-0.25, -0.2) is 0 Å². The van der Waals surface area contributed by atoms with Gasteiger partial charge in [-0.15, -0.1) is 0 Å². The van der Waals surface area contributed by atoms with Crippen molar-refractivity contribution in [2.75, 3.05) is 20.3 Å². The molecule has 0 saturated heterocycles. The molecule has 0 aliphatic rings. The number of hydrogen-bond acceptors (Lipinski definition) is 2. The van der Waals surface area contributed by atoms with Crippen LogP contribution in [0.5, 0.6) is 5.75 Å². The Morgan fingerprint density at radius 3 is 2.20 bits per heavy atom. The number of para-hydroxylation sites is 2. The highest BCUT2D eigenvalue weighted by Crippen LogP contribution is 2.41. The molecule has 5 aromatic rings. The van der Waals surface area contributed by atoms with E-state index >= 15 is 0 Å². The Hall–Kier alpha value is -2.98. The van der Waals surface area contributed by atoms with Gasteiger partial charge in [0.25, 0.3) is 0 Å². The first-order chi connectivity index (χ1) is 12.4. The molecule has 3 aromatic carbocycles. The third-order valence-corrected chi connectivity index (χ3v) is 4.76. The van der Waals surface area contributed by atoms with E-state index < -0.39 is 0 Å². The van der Waals surface area contributed by atoms with Crippen molar-refractivity contribution in [2.24, 2.45) is 0 Å². The van der Waals surface area contributed by atoms with Crippen molar-refractivity contribution >= 4 is 43.6 Å². The van der Waals surface area contributed by atoms with Crippen molar-refractivity contribution < 1.29 is 9.47 Å². The molecule has 0 bridgehead atoms. The second-order valence-electron chi connectivity index (χ2n) is 6.23. The van der Waals surface area contributed by atoms with Crippen molar-refractivity contribution in [2.45, 2.75) is 0 Å². The molecule has 0 aliphatic carbocycles. The minimum atomic E-state index is 0.521. The molecular formula is C21H18N2O2. The summed E-state index contributed by atoms with van der Waals surface area (Å²) in [5.41, 5.74) is 4.38. The van der Waals surface area contributed by atoms with Crippen LogP contribution in [0.15, 0.2) is 54.6 Å². The lowest BCUT2D eigenvalue weighted by molar-refractivity contribution is 0.147. The largest absolute Gasteiger partial charge is 0.489 e. The quantitative estimate of drug-likeness (QED) is 0.457. The van der Waals surface area contributed by atoms with Crippen molar-refractivity contribution in [3.05, 3.63) is 54.6 Å². The highest BCUT2D eigenvalue weighted by molar-refractivity contribution is 6.28. The molecule has 4 heteroatoms. The van der Waals surface area contributed by atoms with Crippen LogP contribution >= 0.6 is 0 Å². The molecule has 2 aromatic heterocycles. The van der Waals surface area contributed by atoms with E-state index in [1.165, 1.54) is 21.5 Å². The van der Waals surface area contributed by atoms with Crippen molar-refractivity contribution in [3.8, 4) is 5.75 Å². The number of methoxy groups -OCH3 is 1. The van der Waals surface area contributed by atoms with Gasteiger partial charge >= 0.3 is 0 Å². The van der Waals surface area contributed by atoms with Gasteiger partial charge in [0.1, 0.15) is 12.4 Å². The summed E-state index contributed by atoms with van der Waals surface area (Å²) in [7, 11) is 1.68. The van der Waals surface area contributed by atoms with Gasteiger partial charge in [0.15, 0.2) is 0 Å². The first kappa shape index (κ1) is 14.4. The molecule has 2 N–H and O–H groups in total. The smallest absolute Gasteiger partial charge is 0.145 e. The fraction of sp³-hybridized carbons (Fsp3) is 0.143. The minimum Gasteiger partial charge on any atom is -0.489 e. The van der Waals surface area contributed by atoms with E-state index in [2.05, 4.69) is 64.6 Å². The van der Waals surface area contributed by atoms with Crippen LogP contribution in [-0.4, -0.2) is 30.3 Å². The van der Waals surface area contributed by atoms with Crippen LogP contribution in [0.2, 0.25) is 0 Å². The highest BCUT2D eigenvalue weighted by Gasteiger charge is 2.16. The van der Waals surface area contributed by atoms with Gasteiger partial charge in [-0.1, -0.05) is 36.4 Å². The molecule has 0 fully saturated rings. The Bertz CT molecular complexity index is 1220. The molecule has 0 amide bonds. The Labute approximate surface area is 144 Å². The number of hydrogen-bond donors (Lipinski definition) is 2. The van der Waals surface area contributed by atoms with E-state index in [4.69, 9.17) is 9.47 Å². The number of H-pyrrole nitrogens is 2. The molecule has 124 valence electrons. The number of aromatic nitrogens is 2. The van der Waals surface area contributed by atoms with Crippen LogP contribution < -0.4 is 4.74 Å². The van der Waals surface area contributed by atoms with E-state index in [1.54, 1.807) is 7.11 Å². The monoisotopic (exact) mass is 330 g/mol. The van der Waals surface area contributed by atoms with Gasteiger partial charge in [0.05, 0.1) is 17.6 Å². The lowest BCUT2D eigenvalue weighted by Gasteiger charge is -2.08. The lowest BCUT2D eigenvalue weighted by Crippen LogP contribution is -2.04. The number of ether oxygens (including phenoxy) is 2. The maximum Gasteiger partial charge on any atom is 0.145 e. The maximum atomic E-state index is 6.02. The zero-order valence-corrected chi connectivity index (χ0v) is 13.9. The van der Waals surface area contributed by atoms with Gasteiger partial charge in [-0.05, 0) is 12.1 Å².